The van der Waals surface area contributed by atoms with Crippen LogP contribution in [0, 0.1) is 5.92 Å². The molecule has 1 heterocycles. The quantitative estimate of drug-likeness (QED) is 0.798. The highest BCUT2D eigenvalue weighted by Crippen LogP contribution is 2.30. The highest BCUT2D eigenvalue weighted by molar-refractivity contribution is 5.98. The molecule has 1 aliphatic rings. The second-order valence-electron chi connectivity index (χ2n) is 5.55. The molecule has 126 valence electrons. The molecule has 0 aliphatic carbocycles. The van der Waals surface area contributed by atoms with E-state index in [0.717, 1.165) is 12.1 Å². The number of nitrogens with zero attached hydrogens (tertiary/aromatic N) is 1. The third kappa shape index (κ3) is 4.31. The molecule has 2 rings (SSSR count). The second kappa shape index (κ2) is 7.12. The molecule has 1 atom stereocenters. The lowest BCUT2D eigenvalue weighted by molar-refractivity contribution is -0.137. The number of rotatable bonds is 4. The van der Waals surface area contributed by atoms with Gasteiger partial charge in [-0.05, 0) is 25.0 Å². The van der Waals surface area contributed by atoms with Crippen molar-refractivity contribution in [2.24, 2.45) is 5.92 Å². The maximum Gasteiger partial charge on any atom is 0.416 e. The van der Waals surface area contributed by atoms with E-state index in [-0.39, 0.29) is 30.4 Å². The number of alkyl halides is 3. The molecule has 1 fully saturated rings. The van der Waals surface area contributed by atoms with E-state index in [1.54, 1.807) is 0 Å². The Morgan fingerprint density at radius 2 is 2.09 bits per heavy atom. The highest BCUT2D eigenvalue weighted by atomic mass is 19.4. The van der Waals surface area contributed by atoms with Crippen LogP contribution in [-0.4, -0.2) is 43.4 Å². The van der Waals surface area contributed by atoms with Crippen LogP contribution in [0.4, 0.5) is 13.2 Å². The summed E-state index contributed by atoms with van der Waals surface area (Å²) in [6, 6.07) is 4.42. The van der Waals surface area contributed by atoms with Gasteiger partial charge in [-0.15, -0.1) is 0 Å². The average molecular weight is 329 g/mol. The fraction of sp³-hybridized carbons (Fsp3) is 0.500. The van der Waals surface area contributed by atoms with Crippen LogP contribution in [0.1, 0.15) is 28.8 Å². The van der Waals surface area contributed by atoms with Gasteiger partial charge in [0, 0.05) is 31.7 Å². The minimum Gasteiger partial charge on any atom is -0.375 e. The molecule has 4 nitrogen and oxygen atoms in total. The van der Waals surface area contributed by atoms with E-state index < -0.39 is 17.7 Å². The van der Waals surface area contributed by atoms with E-state index >= 15 is 0 Å². The number of benzene rings is 1. The number of piperidine rings is 1. The predicted octanol–water partition coefficient (Wildman–Crippen LogP) is 2.77. The largest absolute Gasteiger partial charge is 0.416 e. The lowest BCUT2D eigenvalue weighted by Crippen LogP contribution is -2.43. The first-order chi connectivity index (χ1) is 10.8. The zero-order valence-corrected chi connectivity index (χ0v) is 12.7. The van der Waals surface area contributed by atoms with Crippen LogP contribution in [0.3, 0.4) is 0 Å². The van der Waals surface area contributed by atoms with Crippen LogP contribution in [0.2, 0.25) is 0 Å². The van der Waals surface area contributed by atoms with Gasteiger partial charge in [-0.2, -0.15) is 13.2 Å². The van der Waals surface area contributed by atoms with Crippen molar-refractivity contribution in [2.45, 2.75) is 19.0 Å². The predicted molar refractivity (Wildman–Crippen MR) is 77.0 cm³/mol. The highest BCUT2D eigenvalue weighted by Gasteiger charge is 2.33. The summed E-state index contributed by atoms with van der Waals surface area (Å²) in [4.78, 5) is 25.8. The van der Waals surface area contributed by atoms with Gasteiger partial charge in [-0.1, -0.05) is 12.1 Å². The molecule has 0 radical (unpaired) electrons. The standard InChI is InChI=1S/C16H18F3NO3/c1-23-10-14(21)20-7-3-5-12(9-20)15(22)11-4-2-6-13(8-11)16(17,18)19/h2,4,6,8,12H,3,5,7,9-10H2,1H3. The third-order valence-corrected chi connectivity index (χ3v) is 3.89. The monoisotopic (exact) mass is 329 g/mol. The van der Waals surface area contributed by atoms with E-state index in [4.69, 9.17) is 4.74 Å². The van der Waals surface area contributed by atoms with Crippen molar-refractivity contribution in [1.82, 2.24) is 4.90 Å². The number of amides is 1. The summed E-state index contributed by atoms with van der Waals surface area (Å²) in [6.07, 6.45) is -3.28. The fourth-order valence-corrected chi connectivity index (χ4v) is 2.72. The Bertz CT molecular complexity index is 586. The molecule has 23 heavy (non-hydrogen) atoms. The van der Waals surface area contributed by atoms with E-state index in [0.29, 0.717) is 19.4 Å². The summed E-state index contributed by atoms with van der Waals surface area (Å²) in [6.45, 7) is 0.691. The number of hydrogen-bond acceptors (Lipinski definition) is 3. The van der Waals surface area contributed by atoms with Gasteiger partial charge in [0.15, 0.2) is 5.78 Å². The van der Waals surface area contributed by atoms with Gasteiger partial charge in [0.25, 0.3) is 0 Å². The minimum absolute atomic E-state index is 0.0332. The number of ether oxygens (including phenoxy) is 1. The molecular weight excluding hydrogens is 311 g/mol. The third-order valence-electron chi connectivity index (χ3n) is 3.89. The van der Waals surface area contributed by atoms with Gasteiger partial charge in [-0.3, -0.25) is 9.59 Å². The molecule has 1 amide bonds. The summed E-state index contributed by atoms with van der Waals surface area (Å²) in [7, 11) is 1.41. The number of carbonyl (C=O) groups is 2. The van der Waals surface area contributed by atoms with Crippen molar-refractivity contribution in [3.63, 3.8) is 0 Å². The van der Waals surface area contributed by atoms with Gasteiger partial charge in [0.05, 0.1) is 5.56 Å². The Balaban J connectivity index is 2.12. The first-order valence-electron chi connectivity index (χ1n) is 7.31. The maximum absolute atomic E-state index is 12.7. The molecule has 1 aromatic rings. The number of carbonyl (C=O) groups excluding carboxylic acids is 2. The lowest BCUT2D eigenvalue weighted by Gasteiger charge is -2.32. The number of likely N-dealkylation sites (tertiary alicyclic amines) is 1. The Labute approximate surface area is 132 Å². The molecule has 1 aromatic carbocycles. The van der Waals surface area contributed by atoms with Crippen molar-refractivity contribution < 1.29 is 27.5 Å². The Morgan fingerprint density at radius 1 is 1.35 bits per heavy atom. The van der Waals surface area contributed by atoms with Crippen molar-refractivity contribution in [3.05, 3.63) is 35.4 Å². The van der Waals surface area contributed by atoms with E-state index in [1.165, 1.54) is 24.1 Å². The molecule has 0 spiro atoms. The average Bonchev–Trinajstić information content (AvgIpc) is 2.54. The SMILES string of the molecule is COCC(=O)N1CCCC(C(=O)c2cccc(C(F)(F)F)c2)C1. The summed E-state index contributed by atoms with van der Waals surface area (Å²) in [5, 5.41) is 0. The number of methoxy groups -OCH3 is 1. The van der Waals surface area contributed by atoms with E-state index in [2.05, 4.69) is 0 Å². The molecule has 0 N–H and O–H groups in total. The number of hydrogen-bond donors (Lipinski definition) is 0. The van der Waals surface area contributed by atoms with Gasteiger partial charge in [-0.25, -0.2) is 0 Å². The topological polar surface area (TPSA) is 46.6 Å². The van der Waals surface area contributed by atoms with Gasteiger partial charge < -0.3 is 9.64 Å². The van der Waals surface area contributed by atoms with Gasteiger partial charge in [0.2, 0.25) is 5.91 Å². The summed E-state index contributed by atoms with van der Waals surface area (Å²) >= 11 is 0. The molecule has 7 heteroatoms. The van der Waals surface area contributed by atoms with E-state index in [1.807, 2.05) is 0 Å². The molecule has 1 aliphatic heterocycles. The van der Waals surface area contributed by atoms with Crippen molar-refractivity contribution in [1.29, 1.82) is 0 Å². The van der Waals surface area contributed by atoms with Crippen LogP contribution in [0.5, 0.6) is 0 Å². The molecule has 0 aromatic heterocycles. The Kier molecular flexibility index (Phi) is 5.41. The summed E-state index contributed by atoms with van der Waals surface area (Å²) in [5.74, 6) is -1.05. The van der Waals surface area contributed by atoms with Crippen molar-refractivity contribution in [2.75, 3.05) is 26.8 Å². The lowest BCUT2D eigenvalue weighted by atomic mass is 9.89. The molecule has 0 bridgehead atoms. The first-order valence-corrected chi connectivity index (χ1v) is 7.31. The molecular formula is C16H18F3NO3. The zero-order valence-electron chi connectivity index (χ0n) is 12.7. The van der Waals surface area contributed by atoms with Crippen LogP contribution in [0.15, 0.2) is 24.3 Å². The Hall–Kier alpha value is -1.89. The maximum atomic E-state index is 12.7. The number of ketones is 1. The molecule has 1 unspecified atom stereocenters. The van der Waals surface area contributed by atoms with Crippen molar-refractivity contribution in [3.8, 4) is 0 Å². The minimum atomic E-state index is -4.48. The normalized spacial score (nSPS) is 18.8. The summed E-state index contributed by atoms with van der Waals surface area (Å²) in [5.41, 5.74) is -0.808. The fourth-order valence-electron chi connectivity index (χ4n) is 2.72. The zero-order chi connectivity index (χ0) is 17.0. The van der Waals surface area contributed by atoms with Gasteiger partial charge >= 0.3 is 6.18 Å². The molecule has 1 saturated heterocycles. The van der Waals surface area contributed by atoms with Crippen LogP contribution in [0.25, 0.3) is 0 Å². The second-order valence-corrected chi connectivity index (χ2v) is 5.55. The number of Topliss-reactive ketones (excluding diaryl/α,β-unsaturated/α-hetero) is 1. The van der Waals surface area contributed by atoms with Gasteiger partial charge in [0.1, 0.15) is 6.61 Å². The van der Waals surface area contributed by atoms with Crippen LogP contribution < -0.4 is 0 Å². The van der Waals surface area contributed by atoms with Crippen LogP contribution >= 0.6 is 0 Å². The summed E-state index contributed by atoms with van der Waals surface area (Å²) < 4.78 is 43.0. The first kappa shape index (κ1) is 17.5. The van der Waals surface area contributed by atoms with E-state index in [9.17, 15) is 22.8 Å². The van der Waals surface area contributed by atoms with Crippen molar-refractivity contribution >= 4 is 11.7 Å². The molecule has 0 saturated carbocycles. The Morgan fingerprint density at radius 3 is 2.74 bits per heavy atom. The van der Waals surface area contributed by atoms with Crippen LogP contribution in [-0.2, 0) is 15.7 Å². The number of halogens is 3. The smallest absolute Gasteiger partial charge is 0.375 e.